The highest BCUT2D eigenvalue weighted by Crippen LogP contribution is 2.25. The van der Waals surface area contributed by atoms with Gasteiger partial charge in [0.25, 0.3) is 0 Å². The molecule has 1 N–H and O–H groups in total. The van der Waals surface area contributed by atoms with E-state index < -0.39 is 0 Å². The van der Waals surface area contributed by atoms with Gasteiger partial charge in [0.2, 0.25) is 11.9 Å². The average Bonchev–Trinajstić information content (AvgIpc) is 3.27. The monoisotopic (exact) mass is 480 g/mol. The Bertz CT molecular complexity index is 1040. The molecule has 11 nitrogen and oxygen atoms in total. The minimum absolute atomic E-state index is 0.0192. The normalized spacial score (nSPS) is 18.6. The molecule has 0 aromatic carbocycles. The summed E-state index contributed by atoms with van der Waals surface area (Å²) in [7, 11) is 0. The SMILES string of the molecule is C=CC(=O)N1CCN(Cc2ncc(CCNc3nccc(N4C(=O)OC[C@@H]4C(C)C)n3)cn2)CC1. The van der Waals surface area contributed by atoms with Crippen molar-refractivity contribution < 1.29 is 14.3 Å². The molecule has 35 heavy (non-hydrogen) atoms. The van der Waals surface area contributed by atoms with Crippen LogP contribution in [0.15, 0.2) is 37.3 Å². The number of amides is 2. The molecule has 0 aliphatic carbocycles. The van der Waals surface area contributed by atoms with E-state index in [-0.39, 0.29) is 24.0 Å². The lowest BCUT2D eigenvalue weighted by Gasteiger charge is -2.33. The first-order valence-corrected chi connectivity index (χ1v) is 11.9. The lowest BCUT2D eigenvalue weighted by atomic mass is 10.0. The summed E-state index contributed by atoms with van der Waals surface area (Å²) in [5.74, 6) is 1.98. The first kappa shape index (κ1) is 24.5. The number of anilines is 2. The summed E-state index contributed by atoms with van der Waals surface area (Å²) in [6.45, 7) is 12.2. The van der Waals surface area contributed by atoms with Crippen LogP contribution in [0.4, 0.5) is 16.6 Å². The second-order valence-corrected chi connectivity index (χ2v) is 8.99. The quantitative estimate of drug-likeness (QED) is 0.536. The number of nitrogens with one attached hydrogen (secondary N) is 1. The van der Waals surface area contributed by atoms with E-state index in [1.807, 2.05) is 12.4 Å². The van der Waals surface area contributed by atoms with Crippen LogP contribution in [0.3, 0.4) is 0 Å². The van der Waals surface area contributed by atoms with E-state index in [2.05, 4.69) is 50.6 Å². The van der Waals surface area contributed by atoms with Crippen LogP contribution >= 0.6 is 0 Å². The molecule has 2 aliphatic heterocycles. The molecule has 2 aliphatic rings. The van der Waals surface area contributed by atoms with Gasteiger partial charge in [-0.3, -0.25) is 14.6 Å². The van der Waals surface area contributed by atoms with Crippen molar-refractivity contribution in [3.63, 3.8) is 0 Å². The second kappa shape index (κ2) is 11.2. The Balaban J connectivity index is 1.25. The predicted molar refractivity (Wildman–Crippen MR) is 131 cm³/mol. The number of cyclic esters (lactones) is 1. The number of ether oxygens (including phenoxy) is 1. The van der Waals surface area contributed by atoms with Crippen molar-refractivity contribution in [2.45, 2.75) is 32.9 Å². The fraction of sp³-hybridized carbons (Fsp3) is 0.500. The summed E-state index contributed by atoms with van der Waals surface area (Å²) in [5.41, 5.74) is 1.00. The molecule has 0 saturated carbocycles. The Morgan fingerprint density at radius 1 is 1.23 bits per heavy atom. The maximum atomic E-state index is 12.2. The van der Waals surface area contributed by atoms with Crippen LogP contribution in [0, 0.1) is 5.92 Å². The van der Waals surface area contributed by atoms with Gasteiger partial charge in [0.1, 0.15) is 18.2 Å². The number of carbonyl (C=O) groups excluding carboxylic acids is 2. The molecule has 0 spiro atoms. The van der Waals surface area contributed by atoms with E-state index in [0.29, 0.717) is 51.0 Å². The Kier molecular flexibility index (Phi) is 7.86. The van der Waals surface area contributed by atoms with Crippen molar-refractivity contribution in [2.24, 2.45) is 5.92 Å². The number of carbonyl (C=O) groups is 2. The van der Waals surface area contributed by atoms with E-state index >= 15 is 0 Å². The highest BCUT2D eigenvalue weighted by atomic mass is 16.6. The van der Waals surface area contributed by atoms with Gasteiger partial charge in [0.15, 0.2) is 0 Å². The summed E-state index contributed by atoms with van der Waals surface area (Å²) < 4.78 is 5.22. The van der Waals surface area contributed by atoms with Gasteiger partial charge in [-0.2, -0.15) is 4.98 Å². The predicted octanol–water partition coefficient (Wildman–Crippen LogP) is 1.73. The molecule has 1 atom stereocenters. The van der Waals surface area contributed by atoms with Gasteiger partial charge >= 0.3 is 6.09 Å². The van der Waals surface area contributed by atoms with Gasteiger partial charge in [-0.1, -0.05) is 20.4 Å². The fourth-order valence-electron chi connectivity index (χ4n) is 4.13. The summed E-state index contributed by atoms with van der Waals surface area (Å²) in [4.78, 5) is 47.3. The highest BCUT2D eigenvalue weighted by Gasteiger charge is 2.37. The Labute approximate surface area is 205 Å². The standard InChI is InChI=1S/C24H32N8O3/c1-4-22(33)31-11-9-30(10-12-31)15-20-27-13-18(14-28-20)5-7-25-23-26-8-6-21(29-23)32-19(17(2)3)16-35-24(32)34/h4,6,8,13-14,17,19H,1,5,7,9-12,15-16H2,2-3H3,(H,25,26,29)/t19-/m1/s1. The minimum Gasteiger partial charge on any atom is -0.447 e. The van der Waals surface area contributed by atoms with E-state index in [4.69, 9.17) is 4.74 Å². The number of aromatic nitrogens is 4. The van der Waals surface area contributed by atoms with Crippen LogP contribution in [0.1, 0.15) is 25.2 Å². The van der Waals surface area contributed by atoms with Gasteiger partial charge in [-0.25, -0.2) is 19.7 Å². The van der Waals surface area contributed by atoms with Gasteiger partial charge in [0.05, 0.1) is 12.6 Å². The summed E-state index contributed by atoms with van der Waals surface area (Å²) in [6, 6.07) is 1.68. The zero-order chi connectivity index (χ0) is 24.8. The lowest BCUT2D eigenvalue weighted by molar-refractivity contribution is -0.127. The molecule has 2 amide bonds. The van der Waals surface area contributed by atoms with Crippen LogP contribution in [0.2, 0.25) is 0 Å². The van der Waals surface area contributed by atoms with Crippen molar-refractivity contribution in [1.82, 2.24) is 29.7 Å². The number of piperazine rings is 1. The van der Waals surface area contributed by atoms with E-state index in [1.165, 1.54) is 6.08 Å². The molecule has 2 aromatic rings. The zero-order valence-electron chi connectivity index (χ0n) is 20.3. The summed E-state index contributed by atoms with van der Waals surface area (Å²) in [5, 5.41) is 3.21. The fourth-order valence-corrected chi connectivity index (χ4v) is 4.13. The maximum absolute atomic E-state index is 12.2. The number of hydrogen-bond acceptors (Lipinski definition) is 9. The third-order valence-corrected chi connectivity index (χ3v) is 6.24. The number of nitrogens with zero attached hydrogens (tertiary/aromatic N) is 7. The summed E-state index contributed by atoms with van der Waals surface area (Å²) in [6.07, 6.45) is 7.01. The van der Waals surface area contributed by atoms with Crippen molar-refractivity contribution in [3.8, 4) is 0 Å². The van der Waals surface area contributed by atoms with Crippen LogP contribution in [-0.2, 0) is 22.5 Å². The molecule has 11 heteroatoms. The van der Waals surface area contributed by atoms with Crippen molar-refractivity contribution in [3.05, 3.63) is 48.7 Å². The third kappa shape index (κ3) is 6.10. The molecule has 186 valence electrons. The average molecular weight is 481 g/mol. The van der Waals surface area contributed by atoms with Gasteiger partial charge in [-0.15, -0.1) is 0 Å². The van der Waals surface area contributed by atoms with Crippen LogP contribution in [0.25, 0.3) is 0 Å². The number of hydrogen-bond donors (Lipinski definition) is 1. The molecule has 0 unspecified atom stereocenters. The van der Waals surface area contributed by atoms with Crippen molar-refractivity contribution in [2.75, 3.05) is 49.5 Å². The molecule has 0 bridgehead atoms. The molecule has 4 rings (SSSR count). The zero-order valence-corrected chi connectivity index (χ0v) is 20.3. The first-order chi connectivity index (χ1) is 16.9. The minimum atomic E-state index is -0.377. The molecule has 2 aromatic heterocycles. The van der Waals surface area contributed by atoms with E-state index in [0.717, 1.165) is 24.5 Å². The lowest BCUT2D eigenvalue weighted by Crippen LogP contribution is -2.47. The molecular weight excluding hydrogens is 448 g/mol. The Hall–Kier alpha value is -3.60. The van der Waals surface area contributed by atoms with Crippen LogP contribution in [0.5, 0.6) is 0 Å². The maximum Gasteiger partial charge on any atom is 0.415 e. The molecule has 4 heterocycles. The van der Waals surface area contributed by atoms with Crippen molar-refractivity contribution in [1.29, 1.82) is 0 Å². The highest BCUT2D eigenvalue weighted by molar-refractivity contribution is 5.89. The largest absolute Gasteiger partial charge is 0.447 e. The van der Waals surface area contributed by atoms with Crippen LogP contribution < -0.4 is 10.2 Å². The van der Waals surface area contributed by atoms with Gasteiger partial charge in [-0.05, 0) is 30.0 Å². The Morgan fingerprint density at radius 2 is 1.97 bits per heavy atom. The topological polar surface area (TPSA) is 117 Å². The summed E-state index contributed by atoms with van der Waals surface area (Å²) >= 11 is 0. The molecule has 2 saturated heterocycles. The molecular formula is C24H32N8O3. The van der Waals surface area contributed by atoms with Crippen molar-refractivity contribution >= 4 is 23.8 Å². The van der Waals surface area contributed by atoms with Gasteiger partial charge in [0, 0.05) is 51.3 Å². The molecule has 2 fully saturated rings. The van der Waals surface area contributed by atoms with E-state index in [1.54, 1.807) is 22.1 Å². The smallest absolute Gasteiger partial charge is 0.415 e. The second-order valence-electron chi connectivity index (χ2n) is 8.99. The third-order valence-electron chi connectivity index (χ3n) is 6.24. The Morgan fingerprint density at radius 3 is 2.66 bits per heavy atom. The van der Waals surface area contributed by atoms with E-state index in [9.17, 15) is 9.59 Å². The number of rotatable bonds is 9. The van der Waals surface area contributed by atoms with Crippen LogP contribution in [-0.4, -0.2) is 87.1 Å². The van der Waals surface area contributed by atoms with Gasteiger partial charge < -0.3 is 15.0 Å². The molecule has 0 radical (unpaired) electrons. The first-order valence-electron chi connectivity index (χ1n) is 11.9.